The third-order valence-electron chi connectivity index (χ3n) is 2.21. The first-order valence-corrected chi connectivity index (χ1v) is 5.38. The van der Waals surface area contributed by atoms with Crippen LogP contribution in [0.2, 0.25) is 0 Å². The highest BCUT2D eigenvalue weighted by atomic mass is 32.1. The number of benzene rings is 1. The van der Waals surface area contributed by atoms with Gasteiger partial charge in [0.2, 0.25) is 0 Å². The molecule has 0 amide bonds. The predicted molar refractivity (Wildman–Crippen MR) is 63.2 cm³/mol. The van der Waals surface area contributed by atoms with Crippen molar-refractivity contribution in [2.75, 3.05) is 17.7 Å². The van der Waals surface area contributed by atoms with E-state index in [1.54, 1.807) is 23.5 Å². The van der Waals surface area contributed by atoms with Crippen LogP contribution in [0.1, 0.15) is 0 Å². The van der Waals surface area contributed by atoms with E-state index in [0.29, 0.717) is 0 Å². The maximum Gasteiger partial charge on any atom is 0.148 e. The number of thiophene rings is 1. The minimum Gasteiger partial charge on any atom is -0.396 e. The molecule has 0 unspecified atom stereocenters. The molecule has 0 spiro atoms. The lowest BCUT2D eigenvalue weighted by Gasteiger charge is -2.17. The van der Waals surface area contributed by atoms with Crippen LogP contribution in [0.3, 0.4) is 0 Å². The van der Waals surface area contributed by atoms with E-state index < -0.39 is 0 Å². The number of rotatable bonds is 2. The van der Waals surface area contributed by atoms with Crippen molar-refractivity contribution in [1.82, 2.24) is 0 Å². The maximum absolute atomic E-state index is 13.2. The van der Waals surface area contributed by atoms with Crippen molar-refractivity contribution in [2.45, 2.75) is 0 Å². The lowest BCUT2D eigenvalue weighted by atomic mass is 10.2. The molecule has 2 nitrogen and oxygen atoms in total. The van der Waals surface area contributed by atoms with E-state index >= 15 is 0 Å². The summed E-state index contributed by atoms with van der Waals surface area (Å²) in [5.41, 5.74) is 6.39. The van der Waals surface area contributed by atoms with Crippen LogP contribution < -0.4 is 10.6 Å². The number of anilines is 3. The van der Waals surface area contributed by atoms with Crippen LogP contribution in [-0.2, 0) is 0 Å². The predicted octanol–water partition coefficient (Wildman–Crippen LogP) is 3.24. The summed E-state index contributed by atoms with van der Waals surface area (Å²) in [5, 5.41) is 3.05. The fourth-order valence-electron chi connectivity index (χ4n) is 1.31. The normalized spacial score (nSPS) is 10.3. The number of nitrogens with two attached hydrogens (primary N) is 1. The summed E-state index contributed by atoms with van der Waals surface area (Å²) in [6.45, 7) is 0. The molecule has 0 aliphatic rings. The van der Waals surface area contributed by atoms with Gasteiger partial charge >= 0.3 is 0 Å². The summed E-state index contributed by atoms with van der Waals surface area (Å²) in [6, 6.07) is 8.77. The fraction of sp³-hybridized carbons (Fsp3) is 0.0909. The number of hydrogen-bond donors (Lipinski definition) is 1. The van der Waals surface area contributed by atoms with Crippen molar-refractivity contribution in [1.29, 1.82) is 0 Å². The minimum atomic E-state index is -0.379. The second-order valence-corrected chi connectivity index (χ2v) is 4.14. The molecule has 1 aromatic carbocycles. The van der Waals surface area contributed by atoms with Crippen LogP contribution in [0.15, 0.2) is 35.7 Å². The van der Waals surface area contributed by atoms with Crippen LogP contribution in [0.5, 0.6) is 0 Å². The average molecular weight is 222 g/mol. The highest BCUT2D eigenvalue weighted by molar-refractivity contribution is 7.14. The lowest BCUT2D eigenvalue weighted by molar-refractivity contribution is 0.632. The van der Waals surface area contributed by atoms with Gasteiger partial charge in [0.25, 0.3) is 0 Å². The molecule has 4 heteroatoms. The van der Waals surface area contributed by atoms with Gasteiger partial charge < -0.3 is 10.6 Å². The Morgan fingerprint density at radius 2 is 2.13 bits per heavy atom. The molecule has 0 saturated carbocycles. The first-order valence-electron chi connectivity index (χ1n) is 4.51. The number of halogens is 1. The zero-order chi connectivity index (χ0) is 10.8. The van der Waals surface area contributed by atoms with Crippen LogP contribution in [0, 0.1) is 5.82 Å². The Labute approximate surface area is 91.8 Å². The molecular weight excluding hydrogens is 211 g/mol. The maximum atomic E-state index is 13.2. The van der Waals surface area contributed by atoms with Crippen LogP contribution in [0.25, 0.3) is 0 Å². The number of nitrogen functional groups attached to an aromatic ring is 1. The van der Waals surface area contributed by atoms with E-state index in [1.165, 1.54) is 6.07 Å². The van der Waals surface area contributed by atoms with Crippen molar-refractivity contribution in [2.24, 2.45) is 0 Å². The van der Waals surface area contributed by atoms with E-state index in [1.807, 2.05) is 29.5 Å². The summed E-state index contributed by atoms with van der Waals surface area (Å²) in [4.78, 5) is 1.92. The van der Waals surface area contributed by atoms with Crippen molar-refractivity contribution in [3.05, 3.63) is 41.5 Å². The van der Waals surface area contributed by atoms with Crippen LogP contribution in [-0.4, -0.2) is 7.05 Å². The molecule has 15 heavy (non-hydrogen) atoms. The Hall–Kier alpha value is -1.55. The van der Waals surface area contributed by atoms with Crippen molar-refractivity contribution < 1.29 is 4.39 Å². The van der Waals surface area contributed by atoms with Crippen molar-refractivity contribution in [3.63, 3.8) is 0 Å². The Morgan fingerprint density at radius 1 is 1.33 bits per heavy atom. The highest BCUT2D eigenvalue weighted by Gasteiger charge is 2.06. The van der Waals surface area contributed by atoms with Gasteiger partial charge in [0.15, 0.2) is 0 Å². The van der Waals surface area contributed by atoms with E-state index in [9.17, 15) is 4.39 Å². The van der Waals surface area contributed by atoms with Gasteiger partial charge in [-0.1, -0.05) is 0 Å². The molecule has 0 fully saturated rings. The molecule has 2 rings (SSSR count). The molecule has 2 aromatic rings. The summed E-state index contributed by atoms with van der Waals surface area (Å²) in [6.07, 6.45) is 0. The van der Waals surface area contributed by atoms with Gasteiger partial charge in [-0.3, -0.25) is 0 Å². The van der Waals surface area contributed by atoms with Gasteiger partial charge in [-0.25, -0.2) is 4.39 Å². The standard InChI is InChI=1S/C11H11FN2S/c1-14(11-3-2-6-15-11)8-4-5-10(13)9(12)7-8/h2-7H,13H2,1H3. The summed E-state index contributed by atoms with van der Waals surface area (Å²) in [7, 11) is 1.90. The van der Waals surface area contributed by atoms with E-state index in [-0.39, 0.29) is 11.5 Å². The third-order valence-corrected chi connectivity index (χ3v) is 3.15. The molecule has 0 aliphatic heterocycles. The van der Waals surface area contributed by atoms with Crippen LogP contribution >= 0.6 is 11.3 Å². The number of nitrogens with zero attached hydrogens (tertiary/aromatic N) is 1. The van der Waals surface area contributed by atoms with Crippen LogP contribution in [0.4, 0.5) is 20.8 Å². The van der Waals surface area contributed by atoms with Gasteiger partial charge in [-0.15, -0.1) is 11.3 Å². The molecule has 1 heterocycles. The summed E-state index contributed by atoms with van der Waals surface area (Å²) < 4.78 is 13.2. The van der Waals surface area contributed by atoms with Gasteiger partial charge in [-0.05, 0) is 35.7 Å². The summed E-state index contributed by atoms with van der Waals surface area (Å²) in [5.74, 6) is -0.379. The monoisotopic (exact) mass is 222 g/mol. The molecule has 1 aromatic heterocycles. The largest absolute Gasteiger partial charge is 0.396 e. The van der Waals surface area contributed by atoms with Gasteiger partial charge in [0.1, 0.15) is 5.82 Å². The first kappa shape index (κ1) is 9.98. The second-order valence-electron chi connectivity index (χ2n) is 3.22. The molecule has 0 aliphatic carbocycles. The summed E-state index contributed by atoms with van der Waals surface area (Å²) >= 11 is 1.61. The first-order chi connectivity index (χ1) is 7.18. The smallest absolute Gasteiger partial charge is 0.148 e. The van der Waals surface area contributed by atoms with Gasteiger partial charge in [-0.2, -0.15) is 0 Å². The van der Waals surface area contributed by atoms with E-state index in [0.717, 1.165) is 10.7 Å². The second kappa shape index (κ2) is 3.90. The molecule has 78 valence electrons. The molecule has 2 N–H and O–H groups in total. The Balaban J connectivity index is 2.34. The molecular formula is C11H11FN2S. The molecule has 0 atom stereocenters. The van der Waals surface area contributed by atoms with E-state index in [4.69, 9.17) is 5.73 Å². The fourth-order valence-corrected chi connectivity index (χ4v) is 2.03. The Kier molecular flexibility index (Phi) is 2.60. The lowest BCUT2D eigenvalue weighted by Crippen LogP contribution is -2.08. The Bertz CT molecular complexity index is 454. The highest BCUT2D eigenvalue weighted by Crippen LogP contribution is 2.29. The molecule has 0 saturated heterocycles. The topological polar surface area (TPSA) is 29.3 Å². The Morgan fingerprint density at radius 3 is 2.73 bits per heavy atom. The third kappa shape index (κ3) is 1.94. The molecule has 0 radical (unpaired) electrons. The quantitative estimate of drug-likeness (QED) is 0.790. The zero-order valence-electron chi connectivity index (χ0n) is 8.27. The average Bonchev–Trinajstić information content (AvgIpc) is 2.74. The van der Waals surface area contributed by atoms with Gasteiger partial charge in [0.05, 0.1) is 10.7 Å². The van der Waals surface area contributed by atoms with Crippen molar-refractivity contribution in [3.8, 4) is 0 Å². The van der Waals surface area contributed by atoms with Crippen molar-refractivity contribution >= 4 is 27.7 Å². The van der Waals surface area contributed by atoms with Gasteiger partial charge in [0, 0.05) is 12.7 Å². The van der Waals surface area contributed by atoms with E-state index in [2.05, 4.69) is 0 Å². The zero-order valence-corrected chi connectivity index (χ0v) is 9.09. The molecule has 0 bridgehead atoms. The SMILES string of the molecule is CN(c1ccc(N)c(F)c1)c1cccs1. The number of hydrogen-bond acceptors (Lipinski definition) is 3. The minimum absolute atomic E-state index is 0.179.